The van der Waals surface area contributed by atoms with Gasteiger partial charge >= 0.3 is 0 Å². The predicted molar refractivity (Wildman–Crippen MR) is 85.8 cm³/mol. The Morgan fingerprint density at radius 2 is 2.11 bits per heavy atom. The van der Waals surface area contributed by atoms with Crippen LogP contribution in [0, 0.1) is 0 Å². The third kappa shape index (κ3) is 3.59. The fourth-order valence-electron chi connectivity index (χ4n) is 2.09. The molecular formula is C15H18BrNOS. The van der Waals surface area contributed by atoms with Gasteiger partial charge in [0, 0.05) is 33.0 Å². The number of thiophene rings is 1. The van der Waals surface area contributed by atoms with Crippen LogP contribution in [-0.4, -0.2) is 12.2 Å². The van der Waals surface area contributed by atoms with Crippen molar-refractivity contribution in [3.63, 3.8) is 0 Å². The summed E-state index contributed by atoms with van der Waals surface area (Å²) in [6.45, 7) is 2.85. The number of hydrogen-bond acceptors (Lipinski definition) is 3. The molecule has 2 rings (SSSR count). The SMILES string of the molecule is CC[C@@H](O)c1ccccc1N(C)Cc1cc(Br)cs1. The molecule has 1 N–H and O–H groups in total. The first-order valence-corrected chi connectivity index (χ1v) is 8.00. The Labute approximate surface area is 126 Å². The highest BCUT2D eigenvalue weighted by atomic mass is 79.9. The Kier molecular flexibility index (Phi) is 5.02. The fraction of sp³-hybridized carbons (Fsp3) is 0.333. The minimum absolute atomic E-state index is 0.395. The number of anilines is 1. The number of aliphatic hydroxyl groups excluding tert-OH is 1. The van der Waals surface area contributed by atoms with Crippen molar-refractivity contribution in [1.82, 2.24) is 0 Å². The second kappa shape index (κ2) is 6.55. The van der Waals surface area contributed by atoms with Crippen molar-refractivity contribution in [2.75, 3.05) is 11.9 Å². The molecule has 0 saturated carbocycles. The molecule has 102 valence electrons. The largest absolute Gasteiger partial charge is 0.388 e. The summed E-state index contributed by atoms with van der Waals surface area (Å²) in [5, 5.41) is 12.2. The molecule has 4 heteroatoms. The molecule has 0 saturated heterocycles. The highest BCUT2D eigenvalue weighted by molar-refractivity contribution is 9.10. The highest BCUT2D eigenvalue weighted by Gasteiger charge is 2.13. The summed E-state index contributed by atoms with van der Waals surface area (Å²) in [6, 6.07) is 10.2. The summed E-state index contributed by atoms with van der Waals surface area (Å²) in [6.07, 6.45) is 0.337. The topological polar surface area (TPSA) is 23.5 Å². The zero-order chi connectivity index (χ0) is 13.8. The number of aliphatic hydroxyl groups is 1. The first-order chi connectivity index (χ1) is 9.11. The van der Waals surface area contributed by atoms with Crippen LogP contribution in [0.5, 0.6) is 0 Å². The van der Waals surface area contributed by atoms with Gasteiger partial charge in [0.15, 0.2) is 0 Å². The van der Waals surface area contributed by atoms with E-state index in [-0.39, 0.29) is 0 Å². The number of para-hydroxylation sites is 1. The second-order valence-electron chi connectivity index (χ2n) is 4.57. The molecule has 0 amide bonds. The lowest BCUT2D eigenvalue weighted by Gasteiger charge is -2.23. The highest BCUT2D eigenvalue weighted by Crippen LogP contribution is 2.29. The van der Waals surface area contributed by atoms with Crippen molar-refractivity contribution in [3.8, 4) is 0 Å². The van der Waals surface area contributed by atoms with Crippen LogP contribution < -0.4 is 4.90 Å². The van der Waals surface area contributed by atoms with E-state index in [0.717, 1.165) is 28.7 Å². The van der Waals surface area contributed by atoms with E-state index in [2.05, 4.69) is 45.4 Å². The average molecular weight is 340 g/mol. The summed E-state index contributed by atoms with van der Waals surface area (Å²) in [5.41, 5.74) is 2.10. The Balaban J connectivity index is 2.21. The quantitative estimate of drug-likeness (QED) is 0.860. The summed E-state index contributed by atoms with van der Waals surface area (Å²) in [4.78, 5) is 3.49. The van der Waals surface area contributed by atoms with Crippen molar-refractivity contribution in [2.45, 2.75) is 26.0 Å². The smallest absolute Gasteiger partial charge is 0.0807 e. The maximum Gasteiger partial charge on any atom is 0.0807 e. The summed E-state index contributed by atoms with van der Waals surface area (Å²) >= 11 is 5.22. The number of nitrogens with zero attached hydrogens (tertiary/aromatic N) is 1. The first-order valence-electron chi connectivity index (χ1n) is 6.33. The Morgan fingerprint density at radius 1 is 1.37 bits per heavy atom. The van der Waals surface area contributed by atoms with E-state index in [1.54, 1.807) is 11.3 Å². The van der Waals surface area contributed by atoms with E-state index in [4.69, 9.17) is 0 Å². The molecule has 1 atom stereocenters. The van der Waals surface area contributed by atoms with Crippen molar-refractivity contribution in [3.05, 3.63) is 50.6 Å². The number of hydrogen-bond donors (Lipinski definition) is 1. The fourth-order valence-corrected chi connectivity index (χ4v) is 3.60. The maximum absolute atomic E-state index is 10.1. The van der Waals surface area contributed by atoms with Crippen LogP contribution in [0.1, 0.15) is 29.9 Å². The maximum atomic E-state index is 10.1. The molecule has 2 nitrogen and oxygen atoms in total. The first kappa shape index (κ1) is 14.6. The van der Waals surface area contributed by atoms with Crippen molar-refractivity contribution < 1.29 is 5.11 Å². The molecule has 0 bridgehead atoms. The summed E-state index contributed by atoms with van der Waals surface area (Å²) in [5.74, 6) is 0. The summed E-state index contributed by atoms with van der Waals surface area (Å²) in [7, 11) is 2.06. The molecule has 0 fully saturated rings. The molecule has 0 aliphatic heterocycles. The van der Waals surface area contributed by atoms with Crippen LogP contribution in [0.15, 0.2) is 40.2 Å². The number of halogens is 1. The number of benzene rings is 1. The van der Waals surface area contributed by atoms with Gasteiger partial charge in [-0.2, -0.15) is 0 Å². The Bertz CT molecular complexity index is 540. The van der Waals surface area contributed by atoms with Crippen LogP contribution in [-0.2, 0) is 6.54 Å². The van der Waals surface area contributed by atoms with Crippen LogP contribution in [0.25, 0.3) is 0 Å². The molecule has 1 heterocycles. The number of rotatable bonds is 5. The van der Waals surface area contributed by atoms with Gasteiger partial charge < -0.3 is 10.0 Å². The van der Waals surface area contributed by atoms with Crippen molar-refractivity contribution in [1.29, 1.82) is 0 Å². The zero-order valence-electron chi connectivity index (χ0n) is 11.1. The van der Waals surface area contributed by atoms with Gasteiger partial charge in [-0.25, -0.2) is 0 Å². The molecule has 0 radical (unpaired) electrons. The van der Waals surface area contributed by atoms with Gasteiger partial charge in [-0.1, -0.05) is 25.1 Å². The van der Waals surface area contributed by atoms with Gasteiger partial charge in [-0.05, 0) is 34.5 Å². The molecule has 1 aromatic carbocycles. The normalized spacial score (nSPS) is 12.4. The summed E-state index contributed by atoms with van der Waals surface area (Å²) < 4.78 is 1.13. The van der Waals surface area contributed by atoms with Gasteiger partial charge in [0.05, 0.1) is 12.6 Å². The van der Waals surface area contributed by atoms with Crippen LogP contribution in [0.3, 0.4) is 0 Å². The molecule has 19 heavy (non-hydrogen) atoms. The van der Waals surface area contributed by atoms with Gasteiger partial charge in [-0.3, -0.25) is 0 Å². The van der Waals surface area contributed by atoms with Crippen molar-refractivity contribution in [2.24, 2.45) is 0 Å². The van der Waals surface area contributed by atoms with E-state index in [0.29, 0.717) is 0 Å². The third-order valence-electron chi connectivity index (χ3n) is 3.11. The zero-order valence-corrected chi connectivity index (χ0v) is 13.5. The van der Waals surface area contributed by atoms with Gasteiger partial charge in [0.1, 0.15) is 0 Å². The predicted octanol–water partition coefficient (Wildman–Crippen LogP) is 4.59. The Hall–Kier alpha value is -0.840. The molecule has 2 aromatic rings. The molecule has 0 aliphatic rings. The van der Waals surface area contributed by atoms with E-state index in [1.807, 2.05) is 25.1 Å². The van der Waals surface area contributed by atoms with Crippen LogP contribution >= 0.6 is 27.3 Å². The standard InChI is InChI=1S/C15H18BrNOS/c1-3-15(18)13-6-4-5-7-14(13)17(2)9-12-8-11(16)10-19-12/h4-8,10,15,18H,3,9H2,1-2H3/t15-/m1/s1. The minimum Gasteiger partial charge on any atom is -0.388 e. The van der Waals surface area contributed by atoms with Crippen LogP contribution in [0.4, 0.5) is 5.69 Å². The second-order valence-corrected chi connectivity index (χ2v) is 6.48. The van der Waals surface area contributed by atoms with Gasteiger partial charge in [-0.15, -0.1) is 11.3 Å². The van der Waals surface area contributed by atoms with E-state index < -0.39 is 6.10 Å². The third-order valence-corrected chi connectivity index (χ3v) is 4.79. The van der Waals surface area contributed by atoms with Crippen molar-refractivity contribution >= 4 is 33.0 Å². The van der Waals surface area contributed by atoms with E-state index >= 15 is 0 Å². The molecule has 1 aromatic heterocycles. The van der Waals surface area contributed by atoms with E-state index in [1.165, 1.54) is 4.88 Å². The Morgan fingerprint density at radius 3 is 2.74 bits per heavy atom. The lowest BCUT2D eigenvalue weighted by Crippen LogP contribution is -2.18. The molecule has 0 unspecified atom stereocenters. The molecule has 0 aliphatic carbocycles. The molecular weight excluding hydrogens is 322 g/mol. The minimum atomic E-state index is -0.395. The monoisotopic (exact) mass is 339 g/mol. The average Bonchev–Trinajstić information content (AvgIpc) is 2.83. The molecule has 0 spiro atoms. The lowest BCUT2D eigenvalue weighted by molar-refractivity contribution is 0.174. The van der Waals surface area contributed by atoms with E-state index in [9.17, 15) is 5.11 Å². The van der Waals surface area contributed by atoms with Gasteiger partial charge in [0.25, 0.3) is 0 Å². The lowest BCUT2D eigenvalue weighted by atomic mass is 10.0. The van der Waals surface area contributed by atoms with Gasteiger partial charge in [0.2, 0.25) is 0 Å². The van der Waals surface area contributed by atoms with Crippen LogP contribution in [0.2, 0.25) is 0 Å².